The Balaban J connectivity index is -0.00000123. The average molecular weight is 1710 g/mol. The van der Waals surface area contributed by atoms with E-state index in [1.807, 2.05) is 84.9 Å². The number of nitrogens with zero attached hydrogens (tertiary/aromatic N) is 2. The lowest BCUT2D eigenvalue weighted by atomic mass is 10.1. The van der Waals surface area contributed by atoms with Crippen LogP contribution in [0.2, 0.25) is 10.0 Å². The predicted molar refractivity (Wildman–Crippen MR) is 429 cm³/mol. The first-order valence-electron chi connectivity index (χ1n) is 36.7. The van der Waals surface area contributed by atoms with Crippen molar-refractivity contribution in [2.75, 3.05) is 6.26 Å². The Hall–Kier alpha value is -8.12. The molecule has 17 nitrogen and oxygen atoms in total. The summed E-state index contributed by atoms with van der Waals surface area (Å²) in [5, 5.41) is 3.04. The lowest BCUT2D eigenvalue weighted by Gasteiger charge is -2.16. The van der Waals surface area contributed by atoms with Gasteiger partial charge in [0.15, 0.2) is 40.5 Å². The van der Waals surface area contributed by atoms with Crippen LogP contribution >= 0.6 is 23.2 Å². The van der Waals surface area contributed by atoms with E-state index in [9.17, 15) is 75.9 Å². The van der Waals surface area contributed by atoms with Crippen molar-refractivity contribution in [2.24, 2.45) is 17.8 Å². The van der Waals surface area contributed by atoms with E-state index in [4.69, 9.17) is 51.8 Å². The molecule has 652 valence electrons. The molecule has 0 aromatic heterocycles. The zero-order valence-corrected chi connectivity index (χ0v) is 73.0. The van der Waals surface area contributed by atoms with Crippen molar-refractivity contribution in [1.29, 1.82) is 0 Å². The molecule has 31 heteroatoms. The Morgan fingerprint density at radius 3 is 1.11 bits per heavy atom. The number of carbonyl (C=O) groups excluding carboxylic acids is 4. The van der Waals surface area contributed by atoms with Crippen LogP contribution in [0.25, 0.3) is 0 Å². The van der Waals surface area contributed by atoms with E-state index in [1.54, 1.807) is 54.5 Å². The molecule has 2 aliphatic heterocycles. The molecule has 2 heterocycles. The quantitative estimate of drug-likeness (QED) is 0.0341. The predicted octanol–water partition coefficient (Wildman–Crippen LogP) is 23.7. The molecule has 0 aliphatic carbocycles. The first-order valence-corrected chi connectivity index (χ1v) is 39.2. The van der Waals surface area contributed by atoms with E-state index in [0.29, 0.717) is 22.1 Å². The summed E-state index contributed by atoms with van der Waals surface area (Å²) in [7, 11) is -4.35. The molecule has 8 rings (SSSR count). The van der Waals surface area contributed by atoms with Crippen molar-refractivity contribution in [2.45, 2.75) is 269 Å². The molecular formula is C84H119Cl2F11N2O15S. The lowest BCUT2D eigenvalue weighted by Crippen LogP contribution is -2.33. The molecule has 1 unspecified atom stereocenters. The van der Waals surface area contributed by atoms with Crippen LogP contribution in [0.3, 0.4) is 0 Å². The van der Waals surface area contributed by atoms with E-state index >= 15 is 0 Å². The number of rotatable bonds is 18. The molecule has 0 N–H and O–H groups in total. The molecule has 0 radical (unpaired) electrons. The number of amides is 4. The highest BCUT2D eigenvalue weighted by molar-refractivity contribution is 7.86. The van der Waals surface area contributed by atoms with Crippen LogP contribution in [0.15, 0.2) is 66.7 Å². The Morgan fingerprint density at radius 1 is 0.391 bits per heavy atom. The maximum atomic E-state index is 13.5. The summed E-state index contributed by atoms with van der Waals surface area (Å²) in [5.74, 6) is -18.3. The van der Waals surface area contributed by atoms with Crippen LogP contribution in [-0.4, -0.2) is 97.3 Å². The van der Waals surface area contributed by atoms with Crippen molar-refractivity contribution in [3.05, 3.63) is 169 Å². The van der Waals surface area contributed by atoms with Gasteiger partial charge in [0.1, 0.15) is 17.2 Å². The molecule has 6 aromatic rings. The summed E-state index contributed by atoms with van der Waals surface area (Å²) in [6, 6.07) is 20.5. The normalized spacial score (nSPS) is 12.8. The summed E-state index contributed by atoms with van der Waals surface area (Å²) in [6.07, 6.45) is -0.0433. The summed E-state index contributed by atoms with van der Waals surface area (Å²) >= 11 is 11.9. The monoisotopic (exact) mass is 1710 g/mol. The van der Waals surface area contributed by atoms with Gasteiger partial charge in [-0.25, -0.2) is 17.6 Å². The summed E-state index contributed by atoms with van der Waals surface area (Å²) < 4.78 is 201. The third-order valence-corrected chi connectivity index (χ3v) is 13.7. The highest BCUT2D eigenvalue weighted by Gasteiger charge is 2.38. The largest absolute Gasteiger partial charge is 0.491 e. The SMILES string of the molecule is C.CC(C)C.CC(C)C.CC(C)ON1C(=O)CC(C)C1=O.CC(C)ON1C(=O)CCC1=O.CC(C)Oc1c(F)c(F)c(OS(C)(=O)=O)c(F)c1F.Cc1c(F)c(F)c(OC(C)C)c(F)c1F.Cc1cc(Cl)c(OC(C)C)cc1Cl.Cc1cc(F)c(F)c(OC(C)C)c1F.Cc1ccc(OC(C)C)cc1.Cc1cccc(OC(C)C)c1. The van der Waals surface area contributed by atoms with Crippen LogP contribution in [0.4, 0.5) is 48.3 Å². The third kappa shape index (κ3) is 43.6. The molecule has 115 heavy (non-hydrogen) atoms. The molecule has 6 aromatic carbocycles. The number of hydrogen-bond acceptors (Lipinski definition) is 15. The minimum Gasteiger partial charge on any atom is -0.491 e. The molecule has 0 bridgehead atoms. The zero-order valence-electron chi connectivity index (χ0n) is 70.7. The van der Waals surface area contributed by atoms with Gasteiger partial charge in [0.05, 0.1) is 60.1 Å². The van der Waals surface area contributed by atoms with E-state index in [-0.39, 0.29) is 92.3 Å². The van der Waals surface area contributed by atoms with Crippen LogP contribution in [0.1, 0.15) is 214 Å². The number of ether oxygens (including phenoxy) is 6. The fourth-order valence-electron chi connectivity index (χ4n) is 8.04. The third-order valence-electron chi connectivity index (χ3n) is 12.5. The highest BCUT2D eigenvalue weighted by atomic mass is 35.5. The van der Waals surface area contributed by atoms with Gasteiger partial charge in [-0.05, 0) is 210 Å². The number of hydrogen-bond donors (Lipinski definition) is 0. The van der Waals surface area contributed by atoms with Gasteiger partial charge in [-0.2, -0.15) is 49.3 Å². The minimum absolute atomic E-state index is 0. The molecule has 2 aliphatic rings. The van der Waals surface area contributed by atoms with Crippen molar-refractivity contribution < 1.29 is 118 Å². The Kier molecular flexibility index (Phi) is 52.1. The second-order valence-electron chi connectivity index (χ2n) is 29.2. The second-order valence-corrected chi connectivity index (χ2v) is 31.6. The Morgan fingerprint density at radius 2 is 0.757 bits per heavy atom. The van der Waals surface area contributed by atoms with Gasteiger partial charge in [0.25, 0.3) is 23.6 Å². The minimum atomic E-state index is -4.35. The summed E-state index contributed by atoms with van der Waals surface area (Å²) in [4.78, 5) is 54.2. The summed E-state index contributed by atoms with van der Waals surface area (Å²) in [6.45, 7) is 51.2. The number of aryl methyl sites for hydroxylation is 4. The zero-order chi connectivity index (χ0) is 89.0. The molecule has 1 atom stereocenters. The van der Waals surface area contributed by atoms with Crippen LogP contribution in [0, 0.1) is 116 Å². The smallest absolute Gasteiger partial charge is 0.306 e. The molecular weight excluding hydrogens is 1590 g/mol. The van der Waals surface area contributed by atoms with Gasteiger partial charge in [-0.15, -0.1) is 0 Å². The number of imide groups is 2. The Bertz CT molecular complexity index is 4000. The summed E-state index contributed by atoms with van der Waals surface area (Å²) in [5.41, 5.74) is 2.80. The van der Waals surface area contributed by atoms with Crippen molar-refractivity contribution >= 4 is 56.9 Å². The maximum absolute atomic E-state index is 13.5. The topological polar surface area (TPSA) is 192 Å². The number of hydroxylamine groups is 4. The van der Waals surface area contributed by atoms with Crippen LogP contribution < -0.4 is 32.6 Å². The Labute approximate surface area is 684 Å². The fraction of sp³-hybridized carbons (Fsp3) is 0.524. The lowest BCUT2D eigenvalue weighted by molar-refractivity contribution is -0.199. The number of halogens is 13. The van der Waals surface area contributed by atoms with E-state index in [0.717, 1.165) is 52.0 Å². The van der Waals surface area contributed by atoms with Gasteiger partial charge in [-0.3, -0.25) is 28.9 Å². The molecule has 2 saturated heterocycles. The fourth-order valence-corrected chi connectivity index (χ4v) is 8.90. The van der Waals surface area contributed by atoms with E-state index in [2.05, 4.69) is 87.2 Å². The molecule has 4 amide bonds. The number of carbonyl (C=O) groups is 4. The van der Waals surface area contributed by atoms with Gasteiger partial charge >= 0.3 is 10.1 Å². The molecule has 0 spiro atoms. The van der Waals surface area contributed by atoms with Gasteiger partial charge in [-0.1, -0.05) is 109 Å². The van der Waals surface area contributed by atoms with Crippen molar-refractivity contribution in [3.8, 4) is 40.2 Å². The van der Waals surface area contributed by atoms with E-state index < -0.39 is 121 Å². The van der Waals surface area contributed by atoms with Gasteiger partial charge in [0, 0.05) is 41.8 Å². The maximum Gasteiger partial charge on any atom is 0.306 e. The first kappa shape index (κ1) is 111. The first-order chi connectivity index (χ1) is 52.3. The van der Waals surface area contributed by atoms with Gasteiger partial charge < -0.3 is 32.6 Å². The number of benzene rings is 6. The van der Waals surface area contributed by atoms with Crippen LogP contribution in [-0.2, 0) is 39.0 Å². The van der Waals surface area contributed by atoms with Crippen molar-refractivity contribution in [1.82, 2.24) is 10.1 Å². The molecule has 2 fully saturated rings. The van der Waals surface area contributed by atoms with E-state index in [1.165, 1.54) is 45.7 Å². The highest BCUT2D eigenvalue weighted by Crippen LogP contribution is 2.37. The van der Waals surface area contributed by atoms with Crippen LogP contribution in [0.5, 0.6) is 40.2 Å². The standard InChI is InChI=1S/C10H12Cl2O.C10H10F4O4S.C10H10F4O.C10H11F3O.2C10H14O.C8H13NO3.C7H11NO3.2C4H10.CH4/c1-6(2)13-10-5-8(11)7(3)4-9(10)12;1-4(2)17-9-5(11)7(13)10(8(14)6(9)12)18-19(3,15)16;1-4(2)15-10-8(13)6(11)5(3)7(12)9(10)14;1-5(2)14-10-8(12)6(3)4-7(11)9(10)13;1-8(2)11-10-6-4-9(3)5-7-10;1-8(2)11-10-6-4-5-9(3)7-10;1-5(2)12-9-7(10)4-6(3)8(9)11;1-5(2)11-8-6(9)3-4-7(8)10;2*1-4(2)3;/h4-6H,1-3H3;4H,1-3H3;4H,1-3H3;4-5H,1-3H3;2*4-8H,1-3H3;5-6H,4H2,1-3H3;5H,3-4H2,1-2H3;2*4H,1-3H3;1H4. The molecule has 0 saturated carbocycles. The second kappa shape index (κ2) is 54.0. The average Bonchev–Trinajstić information content (AvgIpc) is 1.76. The van der Waals surface area contributed by atoms with Gasteiger partial charge in [0.2, 0.25) is 46.5 Å². The van der Waals surface area contributed by atoms with Crippen molar-refractivity contribution in [3.63, 3.8) is 0 Å².